The number of likely N-dealkylation sites (tertiary alicyclic amines) is 1. The van der Waals surface area contributed by atoms with Gasteiger partial charge >= 0.3 is 0 Å². The Balaban J connectivity index is 0.00000180. The fourth-order valence-electron chi connectivity index (χ4n) is 2.65. The maximum Gasteiger partial charge on any atom is 0.254 e. The third-order valence-electron chi connectivity index (χ3n) is 3.69. The molecule has 1 aromatic carbocycles. The first-order valence-electron chi connectivity index (χ1n) is 6.40. The molecule has 5 heteroatoms. The van der Waals surface area contributed by atoms with Crippen molar-refractivity contribution >= 4 is 18.3 Å². The van der Waals surface area contributed by atoms with Crippen LogP contribution in [0.5, 0.6) is 0 Å². The van der Waals surface area contributed by atoms with Gasteiger partial charge in [0, 0.05) is 24.7 Å². The van der Waals surface area contributed by atoms with Gasteiger partial charge in [0.2, 0.25) is 0 Å². The minimum Gasteiger partial charge on any atom is -0.334 e. The minimum absolute atomic E-state index is 0. The van der Waals surface area contributed by atoms with E-state index < -0.39 is 0 Å². The summed E-state index contributed by atoms with van der Waals surface area (Å²) >= 11 is 0. The molecular formula is C14H20ClFN2O. The summed E-state index contributed by atoms with van der Waals surface area (Å²) in [6.45, 7) is 3.28. The van der Waals surface area contributed by atoms with E-state index in [4.69, 9.17) is 5.73 Å². The van der Waals surface area contributed by atoms with E-state index in [0.717, 1.165) is 12.8 Å². The summed E-state index contributed by atoms with van der Waals surface area (Å²) in [5.74, 6) is -0.0898. The number of halogens is 2. The van der Waals surface area contributed by atoms with Crippen LogP contribution < -0.4 is 5.73 Å². The first kappa shape index (κ1) is 15.9. The van der Waals surface area contributed by atoms with E-state index in [0.29, 0.717) is 24.6 Å². The lowest BCUT2D eigenvalue weighted by Gasteiger charge is -2.39. The highest BCUT2D eigenvalue weighted by Crippen LogP contribution is 2.24. The zero-order chi connectivity index (χ0) is 13.1. The standard InChI is InChI=1S/C14H19FN2O.ClH/c1-10-4-3-7-17(13(10)9-16)14(18)11-5-2-6-12(15)8-11;/h2,5-6,8,10,13H,3-4,7,9,16H2,1H3;1H. The number of carbonyl (C=O) groups excluding carboxylic acids is 1. The second-order valence-corrected chi connectivity index (χ2v) is 4.93. The molecule has 1 aliphatic rings. The third-order valence-corrected chi connectivity index (χ3v) is 3.69. The second kappa shape index (κ2) is 6.87. The van der Waals surface area contributed by atoms with Crippen LogP contribution in [0, 0.1) is 11.7 Å². The lowest BCUT2D eigenvalue weighted by Crippen LogP contribution is -2.51. The van der Waals surface area contributed by atoms with Crippen molar-refractivity contribution in [3.8, 4) is 0 Å². The minimum atomic E-state index is -0.379. The Morgan fingerprint density at radius 2 is 2.26 bits per heavy atom. The van der Waals surface area contributed by atoms with Crippen LogP contribution in [0.4, 0.5) is 4.39 Å². The number of carbonyl (C=O) groups is 1. The van der Waals surface area contributed by atoms with Crippen LogP contribution >= 0.6 is 12.4 Å². The van der Waals surface area contributed by atoms with E-state index >= 15 is 0 Å². The predicted molar refractivity (Wildman–Crippen MR) is 75.9 cm³/mol. The molecule has 1 fully saturated rings. The van der Waals surface area contributed by atoms with E-state index in [1.54, 1.807) is 17.0 Å². The van der Waals surface area contributed by atoms with Gasteiger partial charge in [-0.3, -0.25) is 4.79 Å². The number of amides is 1. The number of nitrogens with two attached hydrogens (primary N) is 1. The number of hydrogen-bond donors (Lipinski definition) is 1. The van der Waals surface area contributed by atoms with Crippen LogP contribution in [0.3, 0.4) is 0 Å². The number of benzene rings is 1. The van der Waals surface area contributed by atoms with E-state index in [1.165, 1.54) is 12.1 Å². The predicted octanol–water partition coefficient (Wildman–Crippen LogP) is 2.45. The Bertz CT molecular complexity index is 441. The Labute approximate surface area is 119 Å². The molecule has 1 aliphatic heterocycles. The Kier molecular flexibility index (Phi) is 5.76. The molecule has 1 saturated heterocycles. The molecule has 0 aliphatic carbocycles. The molecule has 106 valence electrons. The lowest BCUT2D eigenvalue weighted by molar-refractivity contribution is 0.0532. The van der Waals surface area contributed by atoms with Gasteiger partial charge in [-0.25, -0.2) is 4.39 Å². The highest BCUT2D eigenvalue weighted by molar-refractivity contribution is 5.94. The van der Waals surface area contributed by atoms with Gasteiger partial charge in [-0.05, 0) is 37.0 Å². The van der Waals surface area contributed by atoms with Crippen LogP contribution in [0.15, 0.2) is 24.3 Å². The second-order valence-electron chi connectivity index (χ2n) is 4.93. The molecule has 0 spiro atoms. The van der Waals surface area contributed by atoms with Crippen molar-refractivity contribution in [2.45, 2.75) is 25.8 Å². The van der Waals surface area contributed by atoms with Crippen LogP contribution in [0.2, 0.25) is 0 Å². The van der Waals surface area contributed by atoms with Gasteiger partial charge in [0.05, 0.1) is 0 Å². The average Bonchev–Trinajstić information content (AvgIpc) is 2.37. The van der Waals surface area contributed by atoms with E-state index in [1.807, 2.05) is 0 Å². The monoisotopic (exact) mass is 286 g/mol. The van der Waals surface area contributed by atoms with Crippen molar-refractivity contribution in [3.05, 3.63) is 35.6 Å². The summed E-state index contributed by atoms with van der Waals surface area (Å²) < 4.78 is 13.2. The van der Waals surface area contributed by atoms with Crippen LogP contribution in [-0.4, -0.2) is 29.9 Å². The molecule has 0 aromatic heterocycles. The maximum atomic E-state index is 13.2. The largest absolute Gasteiger partial charge is 0.334 e. The van der Waals surface area contributed by atoms with Gasteiger partial charge in [-0.1, -0.05) is 13.0 Å². The van der Waals surface area contributed by atoms with Crippen molar-refractivity contribution < 1.29 is 9.18 Å². The van der Waals surface area contributed by atoms with Crippen LogP contribution in [-0.2, 0) is 0 Å². The van der Waals surface area contributed by atoms with Gasteiger partial charge in [0.25, 0.3) is 5.91 Å². The Morgan fingerprint density at radius 1 is 1.53 bits per heavy atom. The highest BCUT2D eigenvalue weighted by Gasteiger charge is 2.31. The molecule has 2 rings (SSSR count). The third kappa shape index (κ3) is 3.45. The molecular weight excluding hydrogens is 267 g/mol. The van der Waals surface area contributed by atoms with Gasteiger partial charge < -0.3 is 10.6 Å². The fourth-order valence-corrected chi connectivity index (χ4v) is 2.65. The SMILES string of the molecule is CC1CCCN(C(=O)c2cccc(F)c2)C1CN.Cl. The summed E-state index contributed by atoms with van der Waals surface area (Å²) in [5.41, 5.74) is 6.17. The summed E-state index contributed by atoms with van der Waals surface area (Å²) in [6.07, 6.45) is 2.08. The topological polar surface area (TPSA) is 46.3 Å². The summed E-state index contributed by atoms with van der Waals surface area (Å²) in [4.78, 5) is 14.2. The van der Waals surface area contributed by atoms with Crippen molar-refractivity contribution in [3.63, 3.8) is 0 Å². The molecule has 0 bridgehead atoms. The number of piperidine rings is 1. The first-order valence-corrected chi connectivity index (χ1v) is 6.40. The molecule has 1 aromatic rings. The summed E-state index contributed by atoms with van der Waals surface area (Å²) in [6, 6.07) is 5.91. The Morgan fingerprint density at radius 3 is 2.89 bits per heavy atom. The van der Waals surface area contributed by atoms with Crippen LogP contribution in [0.1, 0.15) is 30.1 Å². The zero-order valence-electron chi connectivity index (χ0n) is 11.0. The Hall–Kier alpha value is -1.13. The maximum absolute atomic E-state index is 13.2. The molecule has 0 saturated carbocycles. The normalized spacial score (nSPS) is 22.8. The number of nitrogens with zero attached hydrogens (tertiary/aromatic N) is 1. The fraction of sp³-hybridized carbons (Fsp3) is 0.500. The van der Waals surface area contributed by atoms with Crippen molar-refractivity contribution in [1.29, 1.82) is 0 Å². The lowest BCUT2D eigenvalue weighted by atomic mass is 9.90. The summed E-state index contributed by atoms with van der Waals surface area (Å²) in [5, 5.41) is 0. The molecule has 1 heterocycles. The number of rotatable bonds is 2. The van der Waals surface area contributed by atoms with Crippen molar-refractivity contribution in [2.75, 3.05) is 13.1 Å². The van der Waals surface area contributed by atoms with Gasteiger partial charge in [-0.2, -0.15) is 0 Å². The zero-order valence-corrected chi connectivity index (χ0v) is 11.8. The quantitative estimate of drug-likeness (QED) is 0.908. The van der Waals surface area contributed by atoms with E-state index in [-0.39, 0.29) is 30.2 Å². The van der Waals surface area contributed by atoms with Crippen molar-refractivity contribution in [2.24, 2.45) is 11.7 Å². The molecule has 2 atom stereocenters. The van der Waals surface area contributed by atoms with Gasteiger partial charge in [-0.15, -0.1) is 12.4 Å². The highest BCUT2D eigenvalue weighted by atomic mass is 35.5. The molecule has 1 amide bonds. The number of hydrogen-bond acceptors (Lipinski definition) is 2. The summed E-state index contributed by atoms with van der Waals surface area (Å²) in [7, 11) is 0. The first-order chi connectivity index (χ1) is 8.63. The van der Waals surface area contributed by atoms with Gasteiger partial charge in [0.1, 0.15) is 5.82 Å². The molecule has 2 unspecified atom stereocenters. The van der Waals surface area contributed by atoms with Gasteiger partial charge in [0.15, 0.2) is 0 Å². The van der Waals surface area contributed by atoms with Crippen LogP contribution in [0.25, 0.3) is 0 Å². The van der Waals surface area contributed by atoms with E-state index in [2.05, 4.69) is 6.92 Å². The molecule has 0 radical (unpaired) electrons. The smallest absolute Gasteiger partial charge is 0.254 e. The molecule has 2 N–H and O–H groups in total. The molecule has 19 heavy (non-hydrogen) atoms. The van der Waals surface area contributed by atoms with E-state index in [9.17, 15) is 9.18 Å². The van der Waals surface area contributed by atoms with Crippen molar-refractivity contribution in [1.82, 2.24) is 4.90 Å². The molecule has 3 nitrogen and oxygen atoms in total. The average molecular weight is 287 g/mol.